The van der Waals surface area contributed by atoms with Crippen LogP contribution in [0.1, 0.15) is 17.4 Å². The molecule has 0 amide bonds. The van der Waals surface area contributed by atoms with Crippen LogP contribution in [0, 0.1) is 0 Å². The Kier molecular flexibility index (Phi) is 4.24. The highest BCUT2D eigenvalue weighted by Gasteiger charge is 2.08. The van der Waals surface area contributed by atoms with Gasteiger partial charge in [-0.3, -0.25) is 4.68 Å². The summed E-state index contributed by atoms with van der Waals surface area (Å²) in [5.41, 5.74) is -0.0357. The normalized spacial score (nSPS) is 12.5. The van der Waals surface area contributed by atoms with Gasteiger partial charge in [0, 0.05) is 31.5 Å². The lowest BCUT2D eigenvalue weighted by atomic mass is 10.3. The lowest BCUT2D eigenvalue weighted by Crippen LogP contribution is -2.32. The van der Waals surface area contributed by atoms with Gasteiger partial charge in [0.05, 0.1) is 19.1 Å². The highest BCUT2D eigenvalue weighted by Crippen LogP contribution is 1.94. The van der Waals surface area contributed by atoms with E-state index in [0.29, 0.717) is 13.1 Å². The van der Waals surface area contributed by atoms with E-state index in [1.54, 1.807) is 12.5 Å². The predicted octanol–water partition coefficient (Wildman–Crippen LogP) is -0.149. The van der Waals surface area contributed by atoms with E-state index >= 15 is 0 Å². The molecule has 19 heavy (non-hydrogen) atoms. The molecule has 0 bridgehead atoms. The van der Waals surface area contributed by atoms with E-state index in [4.69, 9.17) is 5.11 Å². The molecule has 0 radical (unpaired) electrons. The van der Waals surface area contributed by atoms with Crippen molar-refractivity contribution in [2.45, 2.75) is 26.1 Å². The topological polar surface area (TPSA) is 97.9 Å². The summed E-state index contributed by atoms with van der Waals surface area (Å²) in [5.74, 6) is -1.06. The second-order valence-electron chi connectivity index (χ2n) is 4.29. The zero-order valence-corrected chi connectivity index (χ0v) is 10.6. The Morgan fingerprint density at radius 1 is 1.58 bits per heavy atom. The van der Waals surface area contributed by atoms with E-state index in [1.165, 1.54) is 10.9 Å². The molecule has 0 aromatic carbocycles. The van der Waals surface area contributed by atoms with Crippen LogP contribution in [-0.4, -0.2) is 48.2 Å². The quantitative estimate of drug-likeness (QED) is 0.721. The van der Waals surface area contributed by atoms with Gasteiger partial charge in [-0.2, -0.15) is 0 Å². The molecule has 2 aromatic heterocycles. The van der Waals surface area contributed by atoms with Crippen molar-refractivity contribution in [3.8, 4) is 0 Å². The Morgan fingerprint density at radius 3 is 3.05 bits per heavy atom. The van der Waals surface area contributed by atoms with Gasteiger partial charge in [-0.25, -0.2) is 9.78 Å². The van der Waals surface area contributed by atoms with Crippen molar-refractivity contribution in [1.82, 2.24) is 29.9 Å². The van der Waals surface area contributed by atoms with E-state index < -0.39 is 5.97 Å². The fourth-order valence-corrected chi connectivity index (χ4v) is 1.71. The number of rotatable bonds is 7. The molecule has 1 atom stereocenters. The Hall–Kier alpha value is -2.22. The van der Waals surface area contributed by atoms with Gasteiger partial charge in [-0.1, -0.05) is 5.21 Å². The Bertz CT molecular complexity index is 521. The van der Waals surface area contributed by atoms with Crippen molar-refractivity contribution in [3.05, 3.63) is 30.6 Å². The molecule has 1 unspecified atom stereocenters. The molecule has 2 N–H and O–H groups in total. The van der Waals surface area contributed by atoms with Gasteiger partial charge in [-0.15, -0.1) is 5.10 Å². The third-order valence-electron chi connectivity index (χ3n) is 2.64. The van der Waals surface area contributed by atoms with E-state index in [-0.39, 0.29) is 11.7 Å². The van der Waals surface area contributed by atoms with Crippen LogP contribution in [0.2, 0.25) is 0 Å². The average molecular weight is 264 g/mol. The van der Waals surface area contributed by atoms with Crippen molar-refractivity contribution in [3.63, 3.8) is 0 Å². The monoisotopic (exact) mass is 264 g/mol. The SMILES string of the molecule is CC(Cn1ccnc1)NCCn1cc(C(=O)O)nn1. The molecule has 0 aliphatic carbocycles. The van der Waals surface area contributed by atoms with E-state index in [2.05, 4.69) is 27.5 Å². The highest BCUT2D eigenvalue weighted by atomic mass is 16.4. The third kappa shape index (κ3) is 3.88. The molecule has 102 valence electrons. The van der Waals surface area contributed by atoms with Crippen LogP contribution >= 0.6 is 0 Å². The van der Waals surface area contributed by atoms with Crippen molar-refractivity contribution in [1.29, 1.82) is 0 Å². The summed E-state index contributed by atoms with van der Waals surface area (Å²) in [6.45, 7) is 4.18. The van der Waals surface area contributed by atoms with Crippen molar-refractivity contribution in [2.24, 2.45) is 0 Å². The first kappa shape index (κ1) is 13.2. The second kappa shape index (κ2) is 6.10. The number of aromatic carboxylic acids is 1. The van der Waals surface area contributed by atoms with Gasteiger partial charge in [-0.05, 0) is 6.92 Å². The van der Waals surface area contributed by atoms with Crippen LogP contribution in [0.5, 0.6) is 0 Å². The van der Waals surface area contributed by atoms with Crippen molar-refractivity contribution in [2.75, 3.05) is 6.54 Å². The summed E-state index contributed by atoms with van der Waals surface area (Å²) in [4.78, 5) is 14.6. The first-order chi connectivity index (χ1) is 9.15. The maximum absolute atomic E-state index is 10.6. The summed E-state index contributed by atoms with van der Waals surface area (Å²) >= 11 is 0. The van der Waals surface area contributed by atoms with Gasteiger partial charge in [0.15, 0.2) is 5.69 Å². The minimum absolute atomic E-state index is 0.0357. The molecule has 2 heterocycles. The van der Waals surface area contributed by atoms with Crippen LogP contribution in [0.4, 0.5) is 0 Å². The molecule has 0 fully saturated rings. The number of imidazole rings is 1. The zero-order chi connectivity index (χ0) is 13.7. The van der Waals surface area contributed by atoms with Crippen LogP contribution in [0.3, 0.4) is 0 Å². The number of nitrogens with one attached hydrogen (secondary N) is 1. The summed E-state index contributed by atoms with van der Waals surface area (Å²) < 4.78 is 3.51. The number of hydrogen-bond donors (Lipinski definition) is 2. The molecular weight excluding hydrogens is 248 g/mol. The van der Waals surface area contributed by atoms with Gasteiger partial charge in [0.2, 0.25) is 0 Å². The van der Waals surface area contributed by atoms with Gasteiger partial charge >= 0.3 is 5.97 Å². The smallest absolute Gasteiger partial charge is 0.358 e. The molecule has 8 heteroatoms. The number of hydrogen-bond acceptors (Lipinski definition) is 5. The lowest BCUT2D eigenvalue weighted by Gasteiger charge is -2.13. The van der Waals surface area contributed by atoms with E-state index in [1.807, 2.05) is 10.8 Å². The highest BCUT2D eigenvalue weighted by molar-refractivity contribution is 5.84. The molecular formula is C11H16N6O2. The van der Waals surface area contributed by atoms with Crippen LogP contribution in [0.15, 0.2) is 24.9 Å². The Balaban J connectivity index is 1.72. The van der Waals surface area contributed by atoms with Crippen LogP contribution in [-0.2, 0) is 13.1 Å². The molecule has 8 nitrogen and oxygen atoms in total. The van der Waals surface area contributed by atoms with Crippen molar-refractivity contribution < 1.29 is 9.90 Å². The van der Waals surface area contributed by atoms with Gasteiger partial charge in [0.25, 0.3) is 0 Å². The summed E-state index contributed by atoms with van der Waals surface area (Å²) in [7, 11) is 0. The minimum atomic E-state index is -1.06. The van der Waals surface area contributed by atoms with Crippen LogP contribution in [0.25, 0.3) is 0 Å². The number of nitrogens with zero attached hydrogens (tertiary/aromatic N) is 5. The standard InChI is InChI=1S/C11H16N6O2/c1-9(6-16-4-2-12-8-16)13-3-5-17-7-10(11(18)19)14-15-17/h2,4,7-9,13H,3,5-6H2,1H3,(H,18,19). The largest absolute Gasteiger partial charge is 0.476 e. The molecule has 0 saturated heterocycles. The summed E-state index contributed by atoms with van der Waals surface area (Å²) in [6.07, 6.45) is 6.85. The predicted molar refractivity (Wildman–Crippen MR) is 66.7 cm³/mol. The summed E-state index contributed by atoms with van der Waals surface area (Å²) in [5, 5.41) is 19.3. The molecule has 0 aliphatic heterocycles. The van der Waals surface area contributed by atoms with Crippen molar-refractivity contribution >= 4 is 5.97 Å². The maximum atomic E-state index is 10.6. The minimum Gasteiger partial charge on any atom is -0.476 e. The number of carbonyl (C=O) groups is 1. The third-order valence-corrected chi connectivity index (χ3v) is 2.64. The van der Waals surface area contributed by atoms with Gasteiger partial charge in [0.1, 0.15) is 0 Å². The molecule has 0 aliphatic rings. The fourth-order valence-electron chi connectivity index (χ4n) is 1.71. The van der Waals surface area contributed by atoms with E-state index in [9.17, 15) is 4.79 Å². The molecule has 2 aromatic rings. The number of aromatic nitrogens is 5. The fraction of sp³-hybridized carbons (Fsp3) is 0.455. The average Bonchev–Trinajstić information content (AvgIpc) is 3.00. The Morgan fingerprint density at radius 2 is 2.42 bits per heavy atom. The van der Waals surface area contributed by atoms with Crippen LogP contribution < -0.4 is 5.32 Å². The number of carboxylic acids is 1. The Labute approximate surface area is 110 Å². The second-order valence-corrected chi connectivity index (χ2v) is 4.29. The first-order valence-corrected chi connectivity index (χ1v) is 5.97. The maximum Gasteiger partial charge on any atom is 0.358 e. The zero-order valence-electron chi connectivity index (χ0n) is 10.6. The van der Waals surface area contributed by atoms with E-state index in [0.717, 1.165) is 6.54 Å². The molecule has 0 saturated carbocycles. The lowest BCUT2D eigenvalue weighted by molar-refractivity contribution is 0.0690. The first-order valence-electron chi connectivity index (χ1n) is 5.97. The molecule has 0 spiro atoms. The summed E-state index contributed by atoms with van der Waals surface area (Å²) in [6, 6.07) is 0.289. The molecule has 2 rings (SSSR count). The number of carboxylic acid groups (broad SMARTS) is 1. The van der Waals surface area contributed by atoms with Gasteiger partial charge < -0.3 is 15.0 Å².